The summed E-state index contributed by atoms with van der Waals surface area (Å²) >= 11 is 0. The van der Waals surface area contributed by atoms with Gasteiger partial charge in [0.25, 0.3) is 5.69 Å². The van der Waals surface area contributed by atoms with Crippen LogP contribution < -0.4 is 10.6 Å². The number of hydrogen-bond donors (Lipinski definition) is 1. The molecule has 2 N–H and O–H groups in total. The predicted molar refractivity (Wildman–Crippen MR) is 92.0 cm³/mol. The highest BCUT2D eigenvalue weighted by atomic mass is 35.5. The summed E-state index contributed by atoms with van der Waals surface area (Å²) in [4.78, 5) is 26.9. The quantitative estimate of drug-likeness (QED) is 0.663. The largest absolute Gasteiger partial charge is 0.362 e. The molecule has 1 fully saturated rings. The predicted octanol–water partition coefficient (Wildman–Crippen LogP) is 1.65. The van der Waals surface area contributed by atoms with Gasteiger partial charge in [0.15, 0.2) is 0 Å². The summed E-state index contributed by atoms with van der Waals surface area (Å²) in [7, 11) is 0. The van der Waals surface area contributed by atoms with E-state index in [-0.39, 0.29) is 28.9 Å². The summed E-state index contributed by atoms with van der Waals surface area (Å²) in [5, 5.41) is 11.1. The number of rotatable bonds is 4. The summed E-state index contributed by atoms with van der Waals surface area (Å²) in [6.07, 6.45) is 0. The molecular formula is C15H23ClN4O3. The molecule has 1 aromatic carbocycles. The molecule has 128 valence electrons. The van der Waals surface area contributed by atoms with Crippen LogP contribution in [0.2, 0.25) is 0 Å². The van der Waals surface area contributed by atoms with E-state index in [9.17, 15) is 14.9 Å². The molecule has 0 saturated carbocycles. The second-order valence-electron chi connectivity index (χ2n) is 6.11. The minimum Gasteiger partial charge on any atom is -0.362 e. The van der Waals surface area contributed by atoms with E-state index >= 15 is 0 Å². The van der Waals surface area contributed by atoms with E-state index in [4.69, 9.17) is 5.73 Å². The number of nitro benzene ring substituents is 1. The van der Waals surface area contributed by atoms with Crippen LogP contribution in [0.4, 0.5) is 11.4 Å². The number of nitro groups is 1. The Morgan fingerprint density at radius 2 is 1.83 bits per heavy atom. The molecular weight excluding hydrogens is 320 g/mol. The van der Waals surface area contributed by atoms with Gasteiger partial charge >= 0.3 is 0 Å². The lowest BCUT2D eigenvalue weighted by molar-refractivity contribution is -0.384. The molecule has 0 spiro atoms. The molecule has 1 heterocycles. The van der Waals surface area contributed by atoms with Gasteiger partial charge in [-0.05, 0) is 19.9 Å². The Morgan fingerprint density at radius 3 is 2.35 bits per heavy atom. The van der Waals surface area contributed by atoms with Crippen molar-refractivity contribution in [3.8, 4) is 0 Å². The van der Waals surface area contributed by atoms with Gasteiger partial charge in [0.1, 0.15) is 5.69 Å². The van der Waals surface area contributed by atoms with Crippen molar-refractivity contribution in [1.29, 1.82) is 0 Å². The first-order valence-electron chi connectivity index (χ1n) is 7.34. The molecule has 0 atom stereocenters. The van der Waals surface area contributed by atoms with Crippen molar-refractivity contribution in [3.05, 3.63) is 34.4 Å². The number of anilines is 1. The van der Waals surface area contributed by atoms with E-state index in [1.807, 2.05) is 18.7 Å². The van der Waals surface area contributed by atoms with Gasteiger partial charge < -0.3 is 15.5 Å². The summed E-state index contributed by atoms with van der Waals surface area (Å²) in [6, 6.07) is 6.70. The van der Waals surface area contributed by atoms with Crippen molar-refractivity contribution in [3.63, 3.8) is 0 Å². The summed E-state index contributed by atoms with van der Waals surface area (Å²) in [5.74, 6) is 0.0391. The van der Waals surface area contributed by atoms with Gasteiger partial charge in [-0.1, -0.05) is 12.1 Å². The molecule has 1 amide bonds. The Kier molecular flexibility index (Phi) is 6.35. The molecule has 2 rings (SSSR count). The van der Waals surface area contributed by atoms with E-state index in [1.54, 1.807) is 23.1 Å². The minimum absolute atomic E-state index is 0. The SMILES string of the molecule is CC(C)(CN)C(=O)N1CCN(c2ccccc2[N+](=O)[O-])CC1.Cl. The van der Waals surface area contributed by atoms with Gasteiger partial charge in [0.05, 0.1) is 10.3 Å². The lowest BCUT2D eigenvalue weighted by Gasteiger charge is -2.39. The van der Waals surface area contributed by atoms with Gasteiger partial charge in [0.2, 0.25) is 5.91 Å². The van der Waals surface area contributed by atoms with Gasteiger partial charge in [0, 0.05) is 38.8 Å². The van der Waals surface area contributed by atoms with E-state index in [0.717, 1.165) is 0 Å². The van der Waals surface area contributed by atoms with Crippen LogP contribution >= 0.6 is 12.4 Å². The monoisotopic (exact) mass is 342 g/mol. The van der Waals surface area contributed by atoms with Crippen LogP contribution in [0.5, 0.6) is 0 Å². The van der Waals surface area contributed by atoms with Crippen molar-refractivity contribution in [2.75, 3.05) is 37.6 Å². The third kappa shape index (κ3) is 4.11. The summed E-state index contributed by atoms with van der Waals surface area (Å²) in [5.41, 5.74) is 5.79. The molecule has 0 aromatic heterocycles. The average molecular weight is 343 g/mol. The van der Waals surface area contributed by atoms with Crippen molar-refractivity contribution in [1.82, 2.24) is 4.90 Å². The minimum atomic E-state index is -0.569. The number of nitrogens with two attached hydrogens (primary N) is 1. The molecule has 7 nitrogen and oxygen atoms in total. The van der Waals surface area contributed by atoms with E-state index in [2.05, 4.69) is 0 Å². The van der Waals surface area contributed by atoms with Crippen LogP contribution in [0.3, 0.4) is 0 Å². The second-order valence-corrected chi connectivity index (χ2v) is 6.11. The Labute approximate surface area is 142 Å². The van der Waals surface area contributed by atoms with Crippen molar-refractivity contribution in [2.24, 2.45) is 11.1 Å². The fraction of sp³-hybridized carbons (Fsp3) is 0.533. The third-order valence-corrected chi connectivity index (χ3v) is 4.08. The molecule has 1 aliphatic heterocycles. The molecule has 0 radical (unpaired) electrons. The highest BCUT2D eigenvalue weighted by Gasteiger charge is 2.33. The number of piperazine rings is 1. The van der Waals surface area contributed by atoms with Gasteiger partial charge in [-0.25, -0.2) is 0 Å². The maximum absolute atomic E-state index is 12.4. The fourth-order valence-electron chi connectivity index (χ4n) is 2.55. The number of para-hydroxylation sites is 2. The maximum atomic E-state index is 12.4. The normalized spacial score (nSPS) is 15.1. The van der Waals surface area contributed by atoms with Crippen LogP contribution in [-0.4, -0.2) is 48.5 Å². The fourth-order valence-corrected chi connectivity index (χ4v) is 2.55. The number of amides is 1. The van der Waals surface area contributed by atoms with E-state index in [1.165, 1.54) is 6.07 Å². The number of hydrogen-bond acceptors (Lipinski definition) is 5. The molecule has 1 aromatic rings. The standard InChI is InChI=1S/C15H22N4O3.ClH/c1-15(2,11-16)14(20)18-9-7-17(8-10-18)12-5-3-4-6-13(12)19(21)22;/h3-6H,7-11,16H2,1-2H3;1H. The maximum Gasteiger partial charge on any atom is 0.292 e. The zero-order valence-electron chi connectivity index (χ0n) is 13.4. The molecule has 23 heavy (non-hydrogen) atoms. The molecule has 1 aliphatic rings. The molecule has 0 unspecified atom stereocenters. The third-order valence-electron chi connectivity index (χ3n) is 4.08. The van der Waals surface area contributed by atoms with E-state index < -0.39 is 5.41 Å². The van der Waals surface area contributed by atoms with Crippen molar-refractivity contribution in [2.45, 2.75) is 13.8 Å². The van der Waals surface area contributed by atoms with Crippen molar-refractivity contribution < 1.29 is 9.72 Å². The van der Waals surface area contributed by atoms with Gasteiger partial charge in [-0.3, -0.25) is 14.9 Å². The molecule has 0 bridgehead atoms. The van der Waals surface area contributed by atoms with Gasteiger partial charge in [-0.2, -0.15) is 0 Å². The number of nitrogens with zero attached hydrogens (tertiary/aromatic N) is 3. The van der Waals surface area contributed by atoms with Crippen LogP contribution in [0.15, 0.2) is 24.3 Å². The number of carbonyl (C=O) groups excluding carboxylic acids is 1. The molecule has 0 aliphatic carbocycles. The summed E-state index contributed by atoms with van der Waals surface area (Å²) in [6.45, 7) is 6.24. The second kappa shape index (κ2) is 7.61. The lowest BCUT2D eigenvalue weighted by atomic mass is 9.91. The Hall–Kier alpha value is -1.86. The topological polar surface area (TPSA) is 92.7 Å². The number of benzene rings is 1. The van der Waals surface area contributed by atoms with Crippen LogP contribution in [-0.2, 0) is 4.79 Å². The molecule has 8 heteroatoms. The average Bonchev–Trinajstić information content (AvgIpc) is 2.54. The first kappa shape index (κ1) is 19.2. The smallest absolute Gasteiger partial charge is 0.292 e. The molecule has 1 saturated heterocycles. The van der Waals surface area contributed by atoms with Crippen molar-refractivity contribution >= 4 is 29.7 Å². The van der Waals surface area contributed by atoms with Crippen LogP contribution in [0.25, 0.3) is 0 Å². The number of carbonyl (C=O) groups is 1. The first-order valence-corrected chi connectivity index (χ1v) is 7.34. The Bertz CT molecular complexity index is 572. The highest BCUT2D eigenvalue weighted by Crippen LogP contribution is 2.29. The lowest BCUT2D eigenvalue weighted by Crippen LogP contribution is -2.53. The number of halogens is 1. The van der Waals surface area contributed by atoms with Gasteiger partial charge in [-0.15, -0.1) is 12.4 Å². The van der Waals surface area contributed by atoms with E-state index in [0.29, 0.717) is 38.4 Å². The zero-order chi connectivity index (χ0) is 16.3. The zero-order valence-corrected chi connectivity index (χ0v) is 14.2. The summed E-state index contributed by atoms with van der Waals surface area (Å²) < 4.78 is 0. The van der Waals surface area contributed by atoms with Crippen LogP contribution in [0.1, 0.15) is 13.8 Å². The highest BCUT2D eigenvalue weighted by molar-refractivity contribution is 5.85. The Morgan fingerprint density at radius 1 is 1.26 bits per heavy atom. The first-order chi connectivity index (χ1) is 10.4. The van der Waals surface area contributed by atoms with Crippen LogP contribution in [0, 0.1) is 15.5 Å². The Balaban J connectivity index is 0.00000264.